The van der Waals surface area contributed by atoms with Crippen LogP contribution in [0.1, 0.15) is 18.1 Å². The number of hydrogen-bond donors (Lipinski definition) is 0. The molecule has 0 saturated heterocycles. The molecule has 6 aromatic heterocycles. The lowest BCUT2D eigenvalue weighted by Crippen LogP contribution is -2.40. The molecule has 0 fully saturated rings. The predicted molar refractivity (Wildman–Crippen MR) is 298 cm³/mol. The van der Waals surface area contributed by atoms with Gasteiger partial charge < -0.3 is 0 Å². The van der Waals surface area contributed by atoms with Gasteiger partial charge in [0.25, 0.3) is 0 Å². The maximum Gasteiger partial charge on any atom is 0.402 e. The summed E-state index contributed by atoms with van der Waals surface area (Å²) >= 11 is 0. The van der Waals surface area contributed by atoms with Gasteiger partial charge in [0.2, 0.25) is 0 Å². The van der Waals surface area contributed by atoms with Crippen molar-refractivity contribution >= 4 is 0 Å². The van der Waals surface area contributed by atoms with E-state index < -0.39 is 11.6 Å². The molecule has 10 nitrogen and oxygen atoms in total. The van der Waals surface area contributed by atoms with Crippen molar-refractivity contribution in [2.45, 2.75) is 18.5 Å². The van der Waals surface area contributed by atoms with E-state index in [1.807, 2.05) is 146 Å². The number of pyridine rings is 4. The highest BCUT2D eigenvalue weighted by Gasteiger charge is 2.53. The van der Waals surface area contributed by atoms with E-state index in [-0.39, 0.29) is 11.1 Å². The van der Waals surface area contributed by atoms with E-state index in [1.54, 1.807) is 73.8 Å². The van der Waals surface area contributed by atoms with Gasteiger partial charge in [-0.3, -0.25) is 19.9 Å². The summed E-state index contributed by atoms with van der Waals surface area (Å²) in [7, 11) is 0. The Morgan fingerprint density at radius 2 is 0.487 bits per heavy atom. The lowest BCUT2D eigenvalue weighted by molar-refractivity contribution is -0.173. The summed E-state index contributed by atoms with van der Waals surface area (Å²) in [5, 5.41) is 0. The van der Waals surface area contributed by atoms with Gasteiger partial charge in [-0.1, -0.05) is 146 Å². The average molecular weight is 1020 g/mol. The number of benzene rings is 6. The van der Waals surface area contributed by atoms with Crippen LogP contribution < -0.4 is 0 Å². The fourth-order valence-corrected chi connectivity index (χ4v) is 9.41. The minimum atomic E-state index is -4.71. The zero-order valence-corrected chi connectivity index (χ0v) is 41.7. The molecule has 12 rings (SSSR count). The molecule has 0 aliphatic carbocycles. The molecule has 0 N–H and O–H groups in total. The van der Waals surface area contributed by atoms with Crippen LogP contribution in [0.5, 0.6) is 0 Å². The summed E-state index contributed by atoms with van der Waals surface area (Å²) in [5.74, 6) is 2.16. The normalized spacial score (nSPS) is 11.6. The van der Waals surface area contributed by atoms with Crippen LogP contribution in [0.3, 0.4) is 0 Å². The second-order valence-electron chi connectivity index (χ2n) is 18.7. The maximum absolute atomic E-state index is 15.8. The first kappa shape index (κ1) is 48.7. The lowest BCUT2D eigenvalue weighted by Gasteiger charge is -2.33. The standard InChI is InChI=1S/C65H43F3N10/c1-64(65(66,67)68,56-26-22-42(23-27-56)58-73-60(48-14-2-10-44(34-48)52-18-6-30-69-38-52)77-61(74-58)49-15-3-11-45(35-49)53-19-7-31-70-39-53)57-28-24-43(25-29-57)59-75-62(50-16-4-12-46(36-50)54-20-8-32-71-40-54)78-63(76-59)51-17-5-13-47(37-51)55-21-9-33-72-41-55/h2-41H,1H3. The molecule has 0 bridgehead atoms. The molecule has 6 aromatic carbocycles. The zero-order chi connectivity index (χ0) is 53.1. The highest BCUT2D eigenvalue weighted by Crippen LogP contribution is 2.47. The summed E-state index contributed by atoms with van der Waals surface area (Å²) < 4.78 is 47.5. The Hall–Kier alpha value is -10.3. The van der Waals surface area contributed by atoms with Crippen LogP contribution in [0.4, 0.5) is 13.2 Å². The van der Waals surface area contributed by atoms with Gasteiger partial charge >= 0.3 is 6.18 Å². The number of halogens is 3. The van der Waals surface area contributed by atoms with Crippen molar-refractivity contribution in [3.8, 4) is 113 Å². The Morgan fingerprint density at radius 3 is 0.718 bits per heavy atom. The van der Waals surface area contributed by atoms with Gasteiger partial charge in [-0.25, -0.2) is 29.9 Å². The Labute approximate surface area is 447 Å². The van der Waals surface area contributed by atoms with E-state index >= 15 is 13.2 Å². The second kappa shape index (κ2) is 20.8. The third-order valence-corrected chi connectivity index (χ3v) is 13.7. The van der Waals surface area contributed by atoms with Gasteiger partial charge in [-0.15, -0.1) is 0 Å². The minimum absolute atomic E-state index is 0.0288. The van der Waals surface area contributed by atoms with Crippen LogP contribution in [0.2, 0.25) is 0 Å². The molecule has 0 atom stereocenters. The molecule has 0 spiro atoms. The lowest BCUT2D eigenvalue weighted by atomic mass is 9.75. The maximum atomic E-state index is 15.8. The second-order valence-corrected chi connectivity index (χ2v) is 18.7. The van der Waals surface area contributed by atoms with E-state index in [1.165, 1.54) is 31.2 Å². The van der Waals surface area contributed by atoms with Gasteiger partial charge in [0, 0.05) is 105 Å². The van der Waals surface area contributed by atoms with Gasteiger partial charge in [-0.05, 0) is 88.8 Å². The first-order chi connectivity index (χ1) is 38.1. The number of alkyl halides is 3. The summed E-state index contributed by atoms with van der Waals surface area (Å²) in [6.45, 7) is 1.20. The third kappa shape index (κ3) is 9.91. The molecular formula is C65H43F3N10. The molecule has 0 amide bonds. The molecule has 13 heteroatoms. The van der Waals surface area contributed by atoms with E-state index in [4.69, 9.17) is 29.9 Å². The third-order valence-electron chi connectivity index (χ3n) is 13.7. The monoisotopic (exact) mass is 1020 g/mol. The van der Waals surface area contributed by atoms with Crippen molar-refractivity contribution < 1.29 is 13.2 Å². The van der Waals surface area contributed by atoms with Gasteiger partial charge in [0.05, 0.1) is 0 Å². The van der Waals surface area contributed by atoms with Crippen LogP contribution in [-0.4, -0.2) is 56.0 Å². The summed E-state index contributed by atoms with van der Waals surface area (Å²) in [6.07, 6.45) is 9.32. The van der Waals surface area contributed by atoms with Crippen molar-refractivity contribution in [2.24, 2.45) is 0 Å². The zero-order valence-electron chi connectivity index (χ0n) is 41.7. The molecule has 78 heavy (non-hydrogen) atoms. The van der Waals surface area contributed by atoms with Crippen LogP contribution in [0, 0.1) is 0 Å². The first-order valence-electron chi connectivity index (χ1n) is 25.0. The number of nitrogens with zero attached hydrogens (tertiary/aromatic N) is 10. The number of hydrogen-bond acceptors (Lipinski definition) is 10. The highest BCUT2D eigenvalue weighted by molar-refractivity contribution is 5.77. The van der Waals surface area contributed by atoms with Crippen molar-refractivity contribution in [1.29, 1.82) is 0 Å². The first-order valence-corrected chi connectivity index (χ1v) is 25.0. The summed E-state index contributed by atoms with van der Waals surface area (Å²) in [6, 6.07) is 59.2. The van der Waals surface area contributed by atoms with Crippen molar-refractivity contribution in [3.63, 3.8) is 0 Å². The number of rotatable bonds is 12. The minimum Gasteiger partial charge on any atom is -0.264 e. The van der Waals surface area contributed by atoms with Crippen LogP contribution in [0.25, 0.3) is 113 Å². The smallest absolute Gasteiger partial charge is 0.264 e. The molecular weight excluding hydrogens is 978 g/mol. The predicted octanol–water partition coefficient (Wildman–Crippen LogP) is 15.2. The van der Waals surface area contributed by atoms with Crippen molar-refractivity contribution in [3.05, 3.63) is 255 Å². The molecule has 374 valence electrons. The van der Waals surface area contributed by atoms with E-state index in [0.29, 0.717) is 46.1 Å². The van der Waals surface area contributed by atoms with Crippen molar-refractivity contribution in [1.82, 2.24) is 49.8 Å². The van der Waals surface area contributed by atoms with Gasteiger partial charge in [0.15, 0.2) is 34.9 Å². The SMILES string of the molecule is CC(c1ccc(-c2nc(-c3cccc(-c4cccnc4)c3)nc(-c3cccc(-c4cccnc4)c3)n2)cc1)(c1ccc(-c2nc(-c3cccc(-c4cccnc4)c3)nc(-c3cccc(-c4cccnc4)c3)n2)cc1)C(F)(F)F. The van der Waals surface area contributed by atoms with E-state index in [0.717, 1.165) is 66.8 Å². The van der Waals surface area contributed by atoms with E-state index in [9.17, 15) is 0 Å². The Balaban J connectivity index is 0.911. The topological polar surface area (TPSA) is 129 Å². The molecule has 12 aromatic rings. The van der Waals surface area contributed by atoms with E-state index in [2.05, 4.69) is 19.9 Å². The summed E-state index contributed by atoms with van der Waals surface area (Å²) in [4.78, 5) is 46.9. The molecule has 0 aliphatic rings. The average Bonchev–Trinajstić information content (AvgIpc) is 3.60. The summed E-state index contributed by atoms with van der Waals surface area (Å²) in [5.41, 5.74) is 8.89. The Morgan fingerprint density at radius 1 is 0.256 bits per heavy atom. The molecule has 0 radical (unpaired) electrons. The van der Waals surface area contributed by atoms with Gasteiger partial charge in [0.1, 0.15) is 5.41 Å². The quantitative estimate of drug-likeness (QED) is 0.117. The molecule has 0 aliphatic heterocycles. The molecule has 0 saturated carbocycles. The van der Waals surface area contributed by atoms with Gasteiger partial charge in [-0.2, -0.15) is 13.2 Å². The Kier molecular flexibility index (Phi) is 13.0. The molecule has 6 heterocycles. The molecule has 0 unspecified atom stereocenters. The Bertz CT molecular complexity index is 3610. The van der Waals surface area contributed by atoms with Crippen LogP contribution in [0.15, 0.2) is 244 Å². The highest BCUT2D eigenvalue weighted by atomic mass is 19.4. The van der Waals surface area contributed by atoms with Crippen LogP contribution in [-0.2, 0) is 5.41 Å². The van der Waals surface area contributed by atoms with Crippen molar-refractivity contribution in [2.75, 3.05) is 0 Å². The number of aromatic nitrogens is 10. The fourth-order valence-electron chi connectivity index (χ4n) is 9.41. The van der Waals surface area contributed by atoms with Crippen LogP contribution >= 0.6 is 0 Å². The largest absolute Gasteiger partial charge is 0.402 e. The fraction of sp³-hybridized carbons (Fsp3) is 0.0462.